The lowest BCUT2D eigenvalue weighted by molar-refractivity contribution is 0.324. The molecule has 5 nitrogen and oxygen atoms in total. The van der Waals surface area contributed by atoms with Crippen LogP contribution in [0.2, 0.25) is 0 Å². The largest absolute Gasteiger partial charge is 0.335 e. The van der Waals surface area contributed by atoms with Crippen molar-refractivity contribution in [3.63, 3.8) is 0 Å². The number of pyridine rings is 1. The number of nitrogens with one attached hydrogen (secondary N) is 1. The van der Waals surface area contributed by atoms with E-state index in [1.165, 1.54) is 6.42 Å². The maximum atomic E-state index is 9.80. The highest BCUT2D eigenvalue weighted by Crippen LogP contribution is 2.42. The fraction of sp³-hybridized carbons (Fsp3) is 0.263. The topological polar surface area (TPSA) is 79.7 Å². The van der Waals surface area contributed by atoms with Gasteiger partial charge < -0.3 is 9.99 Å². The molecule has 1 saturated carbocycles. The molecule has 2 aromatic heterocycles. The van der Waals surface area contributed by atoms with Crippen LogP contribution in [0.5, 0.6) is 0 Å². The Bertz CT molecular complexity index is 943. The summed E-state index contributed by atoms with van der Waals surface area (Å²) in [4.78, 5) is 4.56. The van der Waals surface area contributed by atoms with Gasteiger partial charge in [-0.25, -0.2) is 0 Å². The van der Waals surface area contributed by atoms with Gasteiger partial charge in [0.25, 0.3) is 0 Å². The molecule has 120 valence electrons. The molecule has 1 aliphatic rings. The van der Waals surface area contributed by atoms with E-state index in [9.17, 15) is 5.26 Å². The molecule has 0 bridgehead atoms. The van der Waals surface area contributed by atoms with Gasteiger partial charge in [0, 0.05) is 17.9 Å². The highest BCUT2D eigenvalue weighted by Gasteiger charge is 2.28. The second kappa shape index (κ2) is 5.66. The molecular formula is C19H19N5. The van der Waals surface area contributed by atoms with Gasteiger partial charge in [-0.1, -0.05) is 12.1 Å². The minimum absolute atomic E-state index is 0.445. The second-order valence-corrected chi connectivity index (χ2v) is 6.39. The second-order valence-electron chi connectivity index (χ2n) is 6.39. The number of hydrogen-bond acceptors (Lipinski definition) is 4. The summed E-state index contributed by atoms with van der Waals surface area (Å²) in [7, 11) is 0. The maximum Gasteiger partial charge on any atom is 0.107 e. The number of benzene rings is 1. The van der Waals surface area contributed by atoms with E-state index in [1.54, 1.807) is 0 Å². The molecule has 0 aliphatic heterocycles. The minimum Gasteiger partial charge on any atom is -0.335 e. The summed E-state index contributed by atoms with van der Waals surface area (Å²) in [5.74, 6) is 5.46. The summed E-state index contributed by atoms with van der Waals surface area (Å²) in [5, 5.41) is 9.80. The van der Waals surface area contributed by atoms with Crippen molar-refractivity contribution in [3.8, 4) is 17.3 Å². The Labute approximate surface area is 140 Å². The first-order chi connectivity index (χ1) is 11.7. The van der Waals surface area contributed by atoms with E-state index in [2.05, 4.69) is 27.1 Å². The van der Waals surface area contributed by atoms with Gasteiger partial charge in [0.15, 0.2) is 0 Å². The van der Waals surface area contributed by atoms with Gasteiger partial charge in [-0.2, -0.15) is 5.26 Å². The van der Waals surface area contributed by atoms with Gasteiger partial charge in [-0.15, -0.1) is 0 Å². The van der Waals surface area contributed by atoms with Crippen molar-refractivity contribution in [2.45, 2.75) is 32.2 Å². The van der Waals surface area contributed by atoms with Crippen molar-refractivity contribution >= 4 is 16.7 Å². The first-order valence-electron chi connectivity index (χ1n) is 8.20. The van der Waals surface area contributed by atoms with E-state index in [1.807, 2.05) is 37.4 Å². The summed E-state index contributed by atoms with van der Waals surface area (Å²) < 4.78 is 2.32. The van der Waals surface area contributed by atoms with E-state index in [-0.39, 0.29) is 0 Å². The summed E-state index contributed by atoms with van der Waals surface area (Å²) in [6, 6.07) is 12.8. The number of fused-ring (bicyclic) bond motifs is 1. The van der Waals surface area contributed by atoms with Gasteiger partial charge in [-0.3, -0.25) is 10.8 Å². The van der Waals surface area contributed by atoms with Crippen LogP contribution in [0, 0.1) is 18.3 Å². The monoisotopic (exact) mass is 317 g/mol. The molecule has 0 unspecified atom stereocenters. The lowest BCUT2D eigenvalue weighted by Gasteiger charge is -2.30. The molecule has 1 fully saturated rings. The van der Waals surface area contributed by atoms with E-state index < -0.39 is 0 Å². The number of anilines is 1. The van der Waals surface area contributed by atoms with Crippen LogP contribution in [-0.4, -0.2) is 9.55 Å². The molecule has 0 saturated heterocycles. The third kappa shape index (κ3) is 2.15. The third-order valence-electron chi connectivity index (χ3n) is 4.85. The average Bonchev–Trinajstić information content (AvgIpc) is 2.87. The van der Waals surface area contributed by atoms with Gasteiger partial charge >= 0.3 is 0 Å². The molecule has 24 heavy (non-hydrogen) atoms. The summed E-state index contributed by atoms with van der Waals surface area (Å²) in [6.45, 7) is 2.04. The van der Waals surface area contributed by atoms with Crippen LogP contribution in [0.15, 0.2) is 36.5 Å². The summed E-state index contributed by atoms with van der Waals surface area (Å²) in [5.41, 5.74) is 9.11. The zero-order valence-corrected chi connectivity index (χ0v) is 13.6. The van der Waals surface area contributed by atoms with E-state index in [0.29, 0.717) is 11.6 Å². The first-order valence-corrected chi connectivity index (χ1v) is 8.20. The standard InChI is InChI=1S/C19H19N5/c1-12-9-17-18(22-11-12)16(10-20)19(24(17)15-3-2-4-15)13-5-7-14(23-21)8-6-13/h5-9,11,15,23H,2-4,21H2,1H3. The number of nitriles is 1. The number of aryl methyl sites for hydroxylation is 1. The van der Waals surface area contributed by atoms with Crippen molar-refractivity contribution < 1.29 is 0 Å². The Hall–Kier alpha value is -2.84. The lowest BCUT2D eigenvalue weighted by Crippen LogP contribution is -2.18. The highest BCUT2D eigenvalue weighted by atomic mass is 15.2. The Balaban J connectivity index is 2.03. The molecule has 4 rings (SSSR count). The van der Waals surface area contributed by atoms with Gasteiger partial charge in [0.05, 0.1) is 11.2 Å². The molecule has 0 atom stereocenters. The third-order valence-corrected chi connectivity index (χ3v) is 4.85. The van der Waals surface area contributed by atoms with E-state index in [4.69, 9.17) is 5.84 Å². The normalized spacial score (nSPS) is 14.4. The molecule has 1 aromatic carbocycles. The molecule has 0 spiro atoms. The van der Waals surface area contributed by atoms with Crippen LogP contribution >= 0.6 is 0 Å². The molecule has 2 heterocycles. The van der Waals surface area contributed by atoms with E-state index in [0.717, 1.165) is 46.4 Å². The zero-order chi connectivity index (χ0) is 16.7. The number of hydrazine groups is 1. The SMILES string of the molecule is Cc1cnc2c(C#N)c(-c3ccc(NN)cc3)n(C3CCC3)c2c1. The Morgan fingerprint density at radius 1 is 1.29 bits per heavy atom. The van der Waals surface area contributed by atoms with E-state index >= 15 is 0 Å². The number of rotatable bonds is 3. The van der Waals surface area contributed by atoms with Gasteiger partial charge in [0.2, 0.25) is 0 Å². The number of nitrogen functional groups attached to an aromatic ring is 1. The van der Waals surface area contributed by atoms with Crippen LogP contribution in [0.1, 0.15) is 36.4 Å². The van der Waals surface area contributed by atoms with Crippen molar-refractivity contribution in [1.82, 2.24) is 9.55 Å². The van der Waals surface area contributed by atoms with Gasteiger partial charge in [-0.05, 0) is 55.5 Å². The minimum atomic E-state index is 0.445. The molecule has 3 N–H and O–H groups in total. The quantitative estimate of drug-likeness (QED) is 0.567. The van der Waals surface area contributed by atoms with Gasteiger partial charge in [0.1, 0.15) is 17.1 Å². The molecular weight excluding hydrogens is 298 g/mol. The zero-order valence-electron chi connectivity index (χ0n) is 13.6. The smallest absolute Gasteiger partial charge is 0.107 e. The maximum absolute atomic E-state index is 9.80. The molecule has 0 radical (unpaired) electrons. The van der Waals surface area contributed by atoms with Crippen LogP contribution in [0.3, 0.4) is 0 Å². The highest BCUT2D eigenvalue weighted by molar-refractivity contribution is 5.92. The van der Waals surface area contributed by atoms with Crippen LogP contribution in [0.25, 0.3) is 22.3 Å². The first kappa shape index (κ1) is 14.7. The summed E-state index contributed by atoms with van der Waals surface area (Å²) >= 11 is 0. The number of aromatic nitrogens is 2. The lowest BCUT2D eigenvalue weighted by atomic mass is 9.92. The molecule has 1 aliphatic carbocycles. The van der Waals surface area contributed by atoms with Crippen molar-refractivity contribution in [2.24, 2.45) is 5.84 Å². The average molecular weight is 317 g/mol. The predicted octanol–water partition coefficient (Wildman–Crippen LogP) is 3.89. The Morgan fingerprint density at radius 3 is 2.62 bits per heavy atom. The molecule has 3 aromatic rings. The number of nitrogens with two attached hydrogens (primary N) is 1. The number of nitrogens with zero attached hydrogens (tertiary/aromatic N) is 3. The molecule has 5 heteroatoms. The van der Waals surface area contributed by atoms with Crippen LogP contribution < -0.4 is 11.3 Å². The number of hydrogen-bond donors (Lipinski definition) is 2. The van der Waals surface area contributed by atoms with Crippen molar-refractivity contribution in [1.29, 1.82) is 5.26 Å². The Morgan fingerprint density at radius 2 is 2.04 bits per heavy atom. The van der Waals surface area contributed by atoms with Crippen molar-refractivity contribution in [3.05, 3.63) is 47.7 Å². The Kier molecular flexibility index (Phi) is 3.47. The van der Waals surface area contributed by atoms with Crippen LogP contribution in [0.4, 0.5) is 5.69 Å². The fourth-order valence-corrected chi connectivity index (χ4v) is 3.42. The van der Waals surface area contributed by atoms with Crippen molar-refractivity contribution in [2.75, 3.05) is 5.43 Å². The molecule has 0 amide bonds. The summed E-state index contributed by atoms with van der Waals surface area (Å²) in [6.07, 6.45) is 5.37. The predicted molar refractivity (Wildman–Crippen MR) is 95.3 cm³/mol. The van der Waals surface area contributed by atoms with Crippen LogP contribution in [-0.2, 0) is 0 Å². The fourth-order valence-electron chi connectivity index (χ4n) is 3.42.